The molecule has 0 aliphatic rings. The summed E-state index contributed by atoms with van der Waals surface area (Å²) in [4.78, 5) is 17.6. The van der Waals surface area contributed by atoms with Crippen molar-refractivity contribution in [1.82, 2.24) is 9.38 Å². The lowest BCUT2D eigenvalue weighted by Gasteiger charge is -2.04. The molecule has 0 amide bonds. The Hall–Kier alpha value is -3.12. The van der Waals surface area contributed by atoms with E-state index in [0.717, 1.165) is 38.1 Å². The third-order valence-corrected chi connectivity index (χ3v) is 5.27. The van der Waals surface area contributed by atoms with E-state index in [1.54, 1.807) is 0 Å². The molecule has 0 fully saturated rings. The Bertz CT molecular complexity index is 1080. The van der Waals surface area contributed by atoms with Crippen LogP contribution in [0.4, 0.5) is 0 Å². The summed E-state index contributed by atoms with van der Waals surface area (Å²) in [6.07, 6.45) is 1.95. The van der Waals surface area contributed by atoms with Gasteiger partial charge in [-0.2, -0.15) is 0 Å². The molecule has 0 saturated heterocycles. The highest BCUT2D eigenvalue weighted by Crippen LogP contribution is 2.34. The first-order valence-corrected chi connectivity index (χ1v) is 9.48. The molecule has 6 heteroatoms. The van der Waals surface area contributed by atoms with Crippen LogP contribution in [0, 0.1) is 0 Å². The first-order valence-electron chi connectivity index (χ1n) is 8.67. The zero-order valence-corrected chi connectivity index (χ0v) is 15.6. The molecule has 27 heavy (non-hydrogen) atoms. The van der Waals surface area contributed by atoms with Crippen molar-refractivity contribution in [2.75, 3.05) is 6.61 Å². The van der Waals surface area contributed by atoms with Crippen molar-refractivity contribution in [2.24, 2.45) is 0 Å². The van der Waals surface area contributed by atoms with Crippen molar-refractivity contribution >= 4 is 22.3 Å². The fourth-order valence-corrected chi connectivity index (χ4v) is 4.18. The van der Waals surface area contributed by atoms with E-state index in [1.807, 2.05) is 72.1 Å². The summed E-state index contributed by atoms with van der Waals surface area (Å²) in [5.74, 6) is -0.0144. The number of ether oxygens (including phenoxy) is 1. The number of hydrogen-bond acceptors (Lipinski definition) is 4. The average Bonchev–Trinajstić information content (AvgIpc) is 3.20. The molecular weight excluding hydrogens is 360 g/mol. The van der Waals surface area contributed by atoms with Gasteiger partial charge >= 0.3 is 5.97 Å². The fourth-order valence-electron chi connectivity index (χ4n) is 3.07. The van der Waals surface area contributed by atoms with Gasteiger partial charge in [0, 0.05) is 16.6 Å². The third-order valence-electron chi connectivity index (χ3n) is 4.21. The van der Waals surface area contributed by atoms with Crippen LogP contribution in [0.25, 0.3) is 27.5 Å². The van der Waals surface area contributed by atoms with Crippen LogP contribution >= 0.6 is 11.3 Å². The maximum atomic E-state index is 11.3. The fraction of sp³-hybridized carbons (Fsp3) is 0.143. The van der Waals surface area contributed by atoms with Gasteiger partial charge in [0.05, 0.1) is 24.4 Å². The Kier molecular flexibility index (Phi) is 4.64. The lowest BCUT2D eigenvalue weighted by atomic mass is 10.1. The molecular formula is C21H18N2O3S. The molecule has 0 atom stereocenters. The van der Waals surface area contributed by atoms with Gasteiger partial charge in [0.1, 0.15) is 5.75 Å². The minimum Gasteiger partial charge on any atom is -0.494 e. The normalized spacial score (nSPS) is 11.0. The highest BCUT2D eigenvalue weighted by molar-refractivity contribution is 7.17. The molecule has 1 N–H and O–H groups in total. The molecule has 136 valence electrons. The maximum Gasteiger partial charge on any atom is 0.308 e. The summed E-state index contributed by atoms with van der Waals surface area (Å²) >= 11 is 1.42. The number of aliphatic carboxylic acids is 1. The number of carboxylic acid groups (broad SMARTS) is 1. The van der Waals surface area contributed by atoms with Gasteiger partial charge in [-0.15, -0.1) is 11.3 Å². The molecule has 0 spiro atoms. The molecule has 4 aromatic rings. The quantitative estimate of drug-likeness (QED) is 0.526. The van der Waals surface area contributed by atoms with Gasteiger partial charge in [0.25, 0.3) is 0 Å². The van der Waals surface area contributed by atoms with Crippen molar-refractivity contribution < 1.29 is 14.6 Å². The Morgan fingerprint density at radius 1 is 1.11 bits per heavy atom. The number of nitrogens with zero attached hydrogens (tertiary/aromatic N) is 2. The van der Waals surface area contributed by atoms with Crippen molar-refractivity contribution in [3.63, 3.8) is 0 Å². The number of fused-ring (bicyclic) bond motifs is 1. The van der Waals surface area contributed by atoms with Gasteiger partial charge in [0.2, 0.25) is 0 Å². The number of imidazole rings is 1. The van der Waals surface area contributed by atoms with E-state index >= 15 is 0 Å². The van der Waals surface area contributed by atoms with E-state index in [0.29, 0.717) is 6.61 Å². The number of hydrogen-bond donors (Lipinski definition) is 1. The van der Waals surface area contributed by atoms with Gasteiger partial charge < -0.3 is 9.84 Å². The summed E-state index contributed by atoms with van der Waals surface area (Å²) in [5, 5.41) is 9.27. The Balaban J connectivity index is 1.80. The predicted molar refractivity (Wildman–Crippen MR) is 106 cm³/mol. The molecule has 4 rings (SSSR count). The SMILES string of the molecule is CCOc1ccc(-c2cn3c(-c4ccccc4)c(CC(=O)O)sc3n2)cc1. The third kappa shape index (κ3) is 3.44. The zero-order chi connectivity index (χ0) is 18.8. The molecule has 2 aromatic heterocycles. The number of carboxylic acids is 1. The first kappa shape index (κ1) is 17.3. The number of carbonyl (C=O) groups is 1. The maximum absolute atomic E-state index is 11.3. The van der Waals surface area contributed by atoms with Crippen LogP contribution in [-0.4, -0.2) is 27.1 Å². The molecule has 0 aliphatic heterocycles. The van der Waals surface area contributed by atoms with Gasteiger partial charge in [-0.25, -0.2) is 4.98 Å². The number of rotatable bonds is 6. The smallest absolute Gasteiger partial charge is 0.308 e. The monoisotopic (exact) mass is 378 g/mol. The van der Waals surface area contributed by atoms with Crippen LogP contribution in [-0.2, 0) is 11.2 Å². The molecule has 2 heterocycles. The van der Waals surface area contributed by atoms with Crippen LogP contribution in [0.1, 0.15) is 11.8 Å². The highest BCUT2D eigenvalue weighted by atomic mass is 32.1. The van der Waals surface area contributed by atoms with E-state index in [2.05, 4.69) is 0 Å². The van der Waals surface area contributed by atoms with Crippen LogP contribution in [0.2, 0.25) is 0 Å². The molecule has 0 aliphatic carbocycles. The van der Waals surface area contributed by atoms with Crippen molar-refractivity contribution in [1.29, 1.82) is 0 Å². The standard InChI is InChI=1S/C21H18N2O3S/c1-2-26-16-10-8-14(9-11-16)17-13-23-20(15-6-4-3-5-7-15)18(12-19(24)25)27-21(23)22-17/h3-11,13H,2,12H2,1H3,(H,24,25). The topological polar surface area (TPSA) is 63.8 Å². The number of benzene rings is 2. The minimum absolute atomic E-state index is 0.0172. The van der Waals surface area contributed by atoms with Crippen molar-refractivity contribution in [3.8, 4) is 28.3 Å². The van der Waals surface area contributed by atoms with E-state index in [-0.39, 0.29) is 6.42 Å². The largest absolute Gasteiger partial charge is 0.494 e. The van der Waals surface area contributed by atoms with Gasteiger partial charge in [-0.05, 0) is 36.8 Å². The second-order valence-electron chi connectivity index (χ2n) is 6.05. The first-order chi connectivity index (χ1) is 13.2. The molecule has 5 nitrogen and oxygen atoms in total. The van der Waals surface area contributed by atoms with Gasteiger partial charge in [0.15, 0.2) is 4.96 Å². The van der Waals surface area contributed by atoms with Crippen LogP contribution in [0.3, 0.4) is 0 Å². The van der Waals surface area contributed by atoms with Crippen molar-refractivity contribution in [3.05, 3.63) is 65.7 Å². The lowest BCUT2D eigenvalue weighted by molar-refractivity contribution is -0.136. The Labute approximate surface area is 160 Å². The zero-order valence-electron chi connectivity index (χ0n) is 14.8. The van der Waals surface area contributed by atoms with Gasteiger partial charge in [-0.1, -0.05) is 30.3 Å². The number of aromatic nitrogens is 2. The second kappa shape index (κ2) is 7.25. The Morgan fingerprint density at radius 3 is 2.52 bits per heavy atom. The van der Waals surface area contributed by atoms with E-state index in [1.165, 1.54) is 11.3 Å². The van der Waals surface area contributed by atoms with E-state index < -0.39 is 5.97 Å². The summed E-state index contributed by atoms with van der Waals surface area (Å²) in [6.45, 7) is 2.59. The Morgan fingerprint density at radius 2 is 1.85 bits per heavy atom. The molecule has 0 bridgehead atoms. The summed E-state index contributed by atoms with van der Waals surface area (Å²) in [5.41, 5.74) is 3.72. The average molecular weight is 378 g/mol. The molecule has 0 saturated carbocycles. The van der Waals surface area contributed by atoms with E-state index in [9.17, 15) is 9.90 Å². The highest BCUT2D eigenvalue weighted by Gasteiger charge is 2.19. The lowest BCUT2D eigenvalue weighted by Crippen LogP contribution is -2.00. The predicted octanol–water partition coefficient (Wildman–Crippen LogP) is 4.76. The van der Waals surface area contributed by atoms with Crippen LogP contribution in [0.5, 0.6) is 5.75 Å². The molecule has 0 radical (unpaired) electrons. The number of thiazole rings is 1. The summed E-state index contributed by atoms with van der Waals surface area (Å²) in [6, 6.07) is 17.7. The van der Waals surface area contributed by atoms with E-state index in [4.69, 9.17) is 9.72 Å². The minimum atomic E-state index is -0.844. The van der Waals surface area contributed by atoms with Crippen LogP contribution < -0.4 is 4.74 Å². The second-order valence-corrected chi connectivity index (χ2v) is 7.11. The van der Waals surface area contributed by atoms with Crippen LogP contribution in [0.15, 0.2) is 60.8 Å². The van der Waals surface area contributed by atoms with Gasteiger partial charge in [-0.3, -0.25) is 9.20 Å². The summed E-state index contributed by atoms with van der Waals surface area (Å²) < 4.78 is 7.48. The summed E-state index contributed by atoms with van der Waals surface area (Å²) in [7, 11) is 0. The molecule has 2 aromatic carbocycles. The van der Waals surface area contributed by atoms with Crippen molar-refractivity contribution in [2.45, 2.75) is 13.3 Å². The molecule has 0 unspecified atom stereocenters.